The summed E-state index contributed by atoms with van der Waals surface area (Å²) in [5, 5.41) is 13.8. The second-order valence-corrected chi connectivity index (χ2v) is 5.44. The highest BCUT2D eigenvalue weighted by Gasteiger charge is 2.14. The average Bonchev–Trinajstić information content (AvgIpc) is 2.57. The van der Waals surface area contributed by atoms with E-state index in [0.717, 1.165) is 0 Å². The van der Waals surface area contributed by atoms with Gasteiger partial charge in [-0.25, -0.2) is 5.43 Å². The van der Waals surface area contributed by atoms with Gasteiger partial charge in [0.1, 0.15) is 5.75 Å². The number of carbonyl (C=O) groups excluding carboxylic acids is 1. The Kier molecular flexibility index (Phi) is 5.89. The number of benzene rings is 2. The zero-order valence-electron chi connectivity index (χ0n) is 12.8. The summed E-state index contributed by atoms with van der Waals surface area (Å²) in [6.45, 7) is 0. The minimum Gasteiger partial charge on any atom is -0.506 e. The molecule has 1 amide bonds. The van der Waals surface area contributed by atoms with Crippen LogP contribution in [-0.4, -0.2) is 31.4 Å². The SMILES string of the molecule is COc1ccc(/C=N\NC(=O)c2cc(Cl)cc(Cl)c2O)cc1OC. The Hall–Kier alpha value is -2.44. The monoisotopic (exact) mass is 368 g/mol. The van der Waals surface area contributed by atoms with Gasteiger partial charge in [0.05, 0.1) is 31.0 Å². The Labute approximate surface area is 148 Å². The molecule has 126 valence electrons. The second kappa shape index (κ2) is 7.90. The van der Waals surface area contributed by atoms with Gasteiger partial charge in [-0.3, -0.25) is 4.79 Å². The van der Waals surface area contributed by atoms with Gasteiger partial charge in [-0.1, -0.05) is 23.2 Å². The van der Waals surface area contributed by atoms with E-state index >= 15 is 0 Å². The number of nitrogens with zero attached hydrogens (tertiary/aromatic N) is 1. The maximum atomic E-state index is 12.0. The van der Waals surface area contributed by atoms with Crippen molar-refractivity contribution in [1.29, 1.82) is 0 Å². The van der Waals surface area contributed by atoms with Crippen LogP contribution in [0.5, 0.6) is 17.2 Å². The van der Waals surface area contributed by atoms with Crippen LogP contribution in [0.15, 0.2) is 35.4 Å². The topological polar surface area (TPSA) is 80.2 Å². The number of phenolic OH excluding ortho intramolecular Hbond substituents is 1. The van der Waals surface area contributed by atoms with Crippen LogP contribution in [-0.2, 0) is 0 Å². The van der Waals surface area contributed by atoms with Crippen molar-refractivity contribution in [3.63, 3.8) is 0 Å². The minimum atomic E-state index is -0.645. The predicted molar refractivity (Wildman–Crippen MR) is 92.7 cm³/mol. The molecular weight excluding hydrogens is 355 g/mol. The lowest BCUT2D eigenvalue weighted by Gasteiger charge is -2.07. The van der Waals surface area contributed by atoms with E-state index in [1.54, 1.807) is 18.2 Å². The first-order valence-corrected chi connectivity index (χ1v) is 7.45. The molecule has 0 aromatic heterocycles. The fourth-order valence-electron chi connectivity index (χ4n) is 1.90. The lowest BCUT2D eigenvalue weighted by Crippen LogP contribution is -2.17. The molecule has 24 heavy (non-hydrogen) atoms. The molecule has 0 saturated carbocycles. The number of carbonyl (C=O) groups is 1. The first-order chi connectivity index (χ1) is 11.5. The molecule has 0 radical (unpaired) electrons. The zero-order valence-corrected chi connectivity index (χ0v) is 14.4. The van der Waals surface area contributed by atoms with Crippen LogP contribution in [0.1, 0.15) is 15.9 Å². The molecule has 0 aliphatic carbocycles. The number of aromatic hydroxyl groups is 1. The Balaban J connectivity index is 2.13. The van der Waals surface area contributed by atoms with E-state index in [0.29, 0.717) is 17.1 Å². The van der Waals surface area contributed by atoms with Gasteiger partial charge in [-0.05, 0) is 35.9 Å². The highest BCUT2D eigenvalue weighted by molar-refractivity contribution is 6.36. The number of rotatable bonds is 5. The minimum absolute atomic E-state index is 0.0171. The molecule has 0 bridgehead atoms. The van der Waals surface area contributed by atoms with Crippen LogP contribution < -0.4 is 14.9 Å². The number of nitrogens with one attached hydrogen (secondary N) is 1. The number of ether oxygens (including phenoxy) is 2. The fourth-order valence-corrected chi connectivity index (χ4v) is 2.39. The number of methoxy groups -OCH3 is 2. The van der Waals surface area contributed by atoms with Gasteiger partial charge in [0, 0.05) is 5.02 Å². The Bertz CT molecular complexity index is 794. The van der Waals surface area contributed by atoms with E-state index in [1.807, 2.05) is 0 Å². The predicted octanol–water partition coefficient (Wildman–Crippen LogP) is 3.48. The third kappa shape index (κ3) is 4.10. The summed E-state index contributed by atoms with van der Waals surface area (Å²) in [4.78, 5) is 12.0. The van der Waals surface area contributed by atoms with Crippen LogP contribution in [0.25, 0.3) is 0 Å². The van der Waals surface area contributed by atoms with Gasteiger partial charge in [0.15, 0.2) is 11.5 Å². The summed E-state index contributed by atoms with van der Waals surface area (Å²) in [7, 11) is 3.06. The molecule has 2 N–H and O–H groups in total. The highest BCUT2D eigenvalue weighted by atomic mass is 35.5. The quantitative estimate of drug-likeness (QED) is 0.625. The Morgan fingerprint density at radius 3 is 2.54 bits per heavy atom. The molecule has 8 heteroatoms. The van der Waals surface area contributed by atoms with Crippen LogP contribution in [0.4, 0.5) is 0 Å². The van der Waals surface area contributed by atoms with Gasteiger partial charge >= 0.3 is 0 Å². The molecule has 2 rings (SSSR count). The molecule has 0 heterocycles. The largest absolute Gasteiger partial charge is 0.506 e. The Morgan fingerprint density at radius 2 is 1.88 bits per heavy atom. The molecule has 0 aliphatic rings. The third-order valence-corrected chi connectivity index (χ3v) is 3.57. The number of hydrogen-bond acceptors (Lipinski definition) is 5. The molecule has 2 aromatic carbocycles. The average molecular weight is 369 g/mol. The molecule has 6 nitrogen and oxygen atoms in total. The lowest BCUT2D eigenvalue weighted by molar-refractivity contribution is 0.0952. The van der Waals surface area contributed by atoms with Gasteiger partial charge < -0.3 is 14.6 Å². The maximum absolute atomic E-state index is 12.0. The molecule has 0 fully saturated rings. The number of hydrazone groups is 1. The van der Waals surface area contributed by atoms with Crippen molar-refractivity contribution >= 4 is 35.3 Å². The molecule has 0 atom stereocenters. The normalized spacial score (nSPS) is 10.7. The molecule has 0 spiro atoms. The maximum Gasteiger partial charge on any atom is 0.275 e. The molecule has 0 saturated heterocycles. The molecule has 0 aliphatic heterocycles. The van der Waals surface area contributed by atoms with E-state index in [-0.39, 0.29) is 21.4 Å². The third-order valence-electron chi connectivity index (χ3n) is 3.06. The number of phenols is 1. The van der Waals surface area contributed by atoms with Crippen molar-refractivity contribution in [3.05, 3.63) is 51.5 Å². The molecule has 0 unspecified atom stereocenters. The first kappa shape index (κ1) is 17.9. The zero-order chi connectivity index (χ0) is 17.7. The Morgan fingerprint density at radius 1 is 1.17 bits per heavy atom. The summed E-state index contributed by atoms with van der Waals surface area (Å²) in [5.74, 6) is 0.109. The lowest BCUT2D eigenvalue weighted by atomic mass is 10.2. The standard InChI is InChI=1S/C16H14Cl2N2O4/c1-23-13-4-3-9(5-14(13)24-2)8-19-20-16(22)11-6-10(17)7-12(18)15(11)21/h3-8,21H,1-2H3,(H,20,22)/b19-8-. The van der Waals surface area contributed by atoms with E-state index in [9.17, 15) is 9.90 Å². The van der Waals surface area contributed by atoms with Crippen LogP contribution in [0.3, 0.4) is 0 Å². The number of amides is 1. The first-order valence-electron chi connectivity index (χ1n) is 6.69. The van der Waals surface area contributed by atoms with Crippen molar-refractivity contribution in [2.24, 2.45) is 5.10 Å². The summed E-state index contributed by atoms with van der Waals surface area (Å²) < 4.78 is 10.3. The van der Waals surface area contributed by atoms with Gasteiger partial charge in [0.25, 0.3) is 5.91 Å². The molecular formula is C16H14Cl2N2O4. The smallest absolute Gasteiger partial charge is 0.275 e. The van der Waals surface area contributed by atoms with Crippen molar-refractivity contribution in [2.45, 2.75) is 0 Å². The summed E-state index contributed by atoms with van der Waals surface area (Å²) in [5.41, 5.74) is 2.90. The van der Waals surface area contributed by atoms with E-state index in [2.05, 4.69) is 10.5 Å². The van der Waals surface area contributed by atoms with Crippen molar-refractivity contribution < 1.29 is 19.4 Å². The summed E-state index contributed by atoms with van der Waals surface area (Å²) in [6, 6.07) is 7.78. The highest BCUT2D eigenvalue weighted by Crippen LogP contribution is 2.31. The number of halogens is 2. The fraction of sp³-hybridized carbons (Fsp3) is 0.125. The van der Waals surface area contributed by atoms with Crippen molar-refractivity contribution in [3.8, 4) is 17.2 Å². The van der Waals surface area contributed by atoms with Gasteiger partial charge in [0.2, 0.25) is 0 Å². The van der Waals surface area contributed by atoms with Crippen molar-refractivity contribution in [1.82, 2.24) is 5.43 Å². The summed E-state index contributed by atoms with van der Waals surface area (Å²) >= 11 is 11.6. The van der Waals surface area contributed by atoms with E-state index < -0.39 is 5.91 Å². The van der Waals surface area contributed by atoms with Crippen LogP contribution in [0, 0.1) is 0 Å². The van der Waals surface area contributed by atoms with Crippen LogP contribution >= 0.6 is 23.2 Å². The van der Waals surface area contributed by atoms with E-state index in [1.165, 1.54) is 32.6 Å². The van der Waals surface area contributed by atoms with Gasteiger partial charge in [-0.2, -0.15) is 5.10 Å². The van der Waals surface area contributed by atoms with E-state index in [4.69, 9.17) is 32.7 Å². The number of hydrogen-bond donors (Lipinski definition) is 2. The van der Waals surface area contributed by atoms with Crippen molar-refractivity contribution in [2.75, 3.05) is 14.2 Å². The summed E-state index contributed by atoms with van der Waals surface area (Å²) in [6.07, 6.45) is 1.42. The van der Waals surface area contributed by atoms with Gasteiger partial charge in [-0.15, -0.1) is 0 Å². The molecule has 2 aromatic rings. The second-order valence-electron chi connectivity index (χ2n) is 4.60. The van der Waals surface area contributed by atoms with Crippen LogP contribution in [0.2, 0.25) is 10.0 Å².